The SMILES string of the molecule is Cc1cccc(C[S@](=O)CC(=O)Nc2cccc(F)c2)c1. The molecule has 5 heteroatoms. The molecule has 3 nitrogen and oxygen atoms in total. The van der Waals surface area contributed by atoms with Crippen molar-refractivity contribution in [3.8, 4) is 0 Å². The maximum atomic E-state index is 13.0. The summed E-state index contributed by atoms with van der Waals surface area (Å²) in [7, 11) is -1.29. The largest absolute Gasteiger partial charge is 0.325 e. The summed E-state index contributed by atoms with van der Waals surface area (Å²) in [4.78, 5) is 11.8. The molecule has 2 aromatic rings. The Hall–Kier alpha value is -2.01. The Labute approximate surface area is 125 Å². The molecule has 0 radical (unpaired) electrons. The molecule has 0 bridgehead atoms. The van der Waals surface area contributed by atoms with Crippen LogP contribution in [0.15, 0.2) is 48.5 Å². The molecule has 0 aliphatic carbocycles. The van der Waals surface area contributed by atoms with Crippen LogP contribution in [-0.4, -0.2) is 15.9 Å². The molecule has 0 saturated heterocycles. The summed E-state index contributed by atoms with van der Waals surface area (Å²) in [6, 6.07) is 13.3. The van der Waals surface area contributed by atoms with Crippen LogP contribution < -0.4 is 5.32 Å². The van der Waals surface area contributed by atoms with Crippen molar-refractivity contribution >= 4 is 22.4 Å². The smallest absolute Gasteiger partial charge is 0.237 e. The van der Waals surface area contributed by atoms with Crippen LogP contribution in [0.3, 0.4) is 0 Å². The maximum absolute atomic E-state index is 13.0. The number of rotatable bonds is 5. The van der Waals surface area contributed by atoms with E-state index in [0.717, 1.165) is 11.1 Å². The number of nitrogens with one attached hydrogen (secondary N) is 1. The van der Waals surface area contributed by atoms with Crippen molar-refractivity contribution in [2.75, 3.05) is 11.1 Å². The van der Waals surface area contributed by atoms with Crippen molar-refractivity contribution in [3.05, 3.63) is 65.5 Å². The van der Waals surface area contributed by atoms with E-state index < -0.39 is 16.6 Å². The van der Waals surface area contributed by atoms with E-state index in [9.17, 15) is 13.4 Å². The quantitative estimate of drug-likeness (QED) is 0.923. The Balaban J connectivity index is 1.89. The second-order valence-electron chi connectivity index (χ2n) is 4.78. The summed E-state index contributed by atoms with van der Waals surface area (Å²) in [6.07, 6.45) is 0. The lowest BCUT2D eigenvalue weighted by Crippen LogP contribution is -2.20. The number of aryl methyl sites for hydroxylation is 1. The Morgan fingerprint density at radius 2 is 1.95 bits per heavy atom. The van der Waals surface area contributed by atoms with E-state index in [1.54, 1.807) is 6.07 Å². The van der Waals surface area contributed by atoms with E-state index in [2.05, 4.69) is 5.32 Å². The summed E-state index contributed by atoms with van der Waals surface area (Å²) < 4.78 is 25.0. The van der Waals surface area contributed by atoms with Gasteiger partial charge in [0.2, 0.25) is 5.91 Å². The average molecular weight is 305 g/mol. The molecule has 110 valence electrons. The second-order valence-corrected chi connectivity index (χ2v) is 6.23. The molecule has 0 aliphatic heterocycles. The predicted molar refractivity (Wildman–Crippen MR) is 82.9 cm³/mol. The van der Waals surface area contributed by atoms with Gasteiger partial charge in [-0.1, -0.05) is 35.9 Å². The van der Waals surface area contributed by atoms with Gasteiger partial charge in [-0.25, -0.2) is 4.39 Å². The lowest BCUT2D eigenvalue weighted by atomic mass is 10.2. The number of halogens is 1. The number of carbonyl (C=O) groups excluding carboxylic acids is 1. The minimum atomic E-state index is -1.29. The van der Waals surface area contributed by atoms with Gasteiger partial charge in [-0.2, -0.15) is 0 Å². The first kappa shape index (κ1) is 15.4. The van der Waals surface area contributed by atoms with Crippen LogP contribution in [-0.2, 0) is 21.3 Å². The first-order chi connectivity index (χ1) is 10.0. The van der Waals surface area contributed by atoms with Crippen LogP contribution >= 0.6 is 0 Å². The Morgan fingerprint density at radius 1 is 1.19 bits per heavy atom. The summed E-state index contributed by atoms with van der Waals surface area (Å²) in [5, 5.41) is 2.54. The van der Waals surface area contributed by atoms with E-state index in [0.29, 0.717) is 11.4 Å². The molecule has 0 saturated carbocycles. The van der Waals surface area contributed by atoms with Crippen molar-refractivity contribution in [2.45, 2.75) is 12.7 Å². The highest BCUT2D eigenvalue weighted by atomic mass is 32.2. The highest BCUT2D eigenvalue weighted by molar-refractivity contribution is 7.84. The van der Waals surface area contributed by atoms with Crippen molar-refractivity contribution < 1.29 is 13.4 Å². The van der Waals surface area contributed by atoms with E-state index in [1.165, 1.54) is 18.2 Å². The van der Waals surface area contributed by atoms with Crippen LogP contribution in [0.25, 0.3) is 0 Å². The molecule has 21 heavy (non-hydrogen) atoms. The lowest BCUT2D eigenvalue weighted by molar-refractivity contribution is -0.113. The van der Waals surface area contributed by atoms with Gasteiger partial charge in [0, 0.05) is 22.2 Å². The molecule has 0 fully saturated rings. The molecular formula is C16H16FNO2S. The van der Waals surface area contributed by atoms with Crippen molar-refractivity contribution in [3.63, 3.8) is 0 Å². The molecule has 0 unspecified atom stereocenters. The standard InChI is InChI=1S/C16H16FNO2S/c1-12-4-2-5-13(8-12)10-21(20)11-16(19)18-15-7-3-6-14(17)9-15/h2-9H,10-11H2,1H3,(H,18,19)/t21-/m0/s1. The summed E-state index contributed by atoms with van der Waals surface area (Å²) >= 11 is 0. The Bertz CT molecular complexity index is 615. The van der Waals surface area contributed by atoms with Gasteiger partial charge in [0.05, 0.1) is 0 Å². The molecular weight excluding hydrogens is 289 g/mol. The van der Waals surface area contributed by atoms with Gasteiger partial charge < -0.3 is 5.32 Å². The third-order valence-electron chi connectivity index (χ3n) is 2.81. The minimum Gasteiger partial charge on any atom is -0.325 e. The van der Waals surface area contributed by atoms with E-state index >= 15 is 0 Å². The fraction of sp³-hybridized carbons (Fsp3) is 0.188. The summed E-state index contributed by atoms with van der Waals surface area (Å²) in [6.45, 7) is 1.96. The Kier molecular flexibility index (Phi) is 5.22. The molecule has 1 N–H and O–H groups in total. The molecule has 1 amide bonds. The van der Waals surface area contributed by atoms with Crippen LogP contribution in [0.5, 0.6) is 0 Å². The average Bonchev–Trinajstić information content (AvgIpc) is 2.38. The molecule has 0 aliphatic rings. The number of hydrogen-bond acceptors (Lipinski definition) is 2. The van der Waals surface area contributed by atoms with Gasteiger partial charge in [-0.15, -0.1) is 0 Å². The van der Waals surface area contributed by atoms with Crippen molar-refractivity contribution in [1.82, 2.24) is 0 Å². The summed E-state index contributed by atoms with van der Waals surface area (Å²) in [5.74, 6) is -0.580. The van der Waals surface area contributed by atoms with Gasteiger partial charge in [0.1, 0.15) is 11.6 Å². The topological polar surface area (TPSA) is 46.2 Å². The van der Waals surface area contributed by atoms with Gasteiger partial charge in [-0.3, -0.25) is 9.00 Å². The molecule has 1 atom stereocenters. The fourth-order valence-corrected chi connectivity index (χ4v) is 2.97. The molecule has 0 heterocycles. The highest BCUT2D eigenvalue weighted by Gasteiger charge is 2.09. The molecule has 2 rings (SSSR count). The normalized spacial score (nSPS) is 11.9. The zero-order chi connectivity index (χ0) is 15.2. The van der Waals surface area contributed by atoms with Gasteiger partial charge in [-0.05, 0) is 30.7 Å². The first-order valence-corrected chi connectivity index (χ1v) is 7.97. The number of hydrogen-bond donors (Lipinski definition) is 1. The molecule has 0 spiro atoms. The van der Waals surface area contributed by atoms with Crippen molar-refractivity contribution in [2.24, 2.45) is 0 Å². The van der Waals surface area contributed by atoms with Gasteiger partial charge in [0.15, 0.2) is 0 Å². The zero-order valence-electron chi connectivity index (χ0n) is 11.6. The lowest BCUT2D eigenvalue weighted by Gasteiger charge is -2.06. The minimum absolute atomic E-state index is 0.107. The van der Waals surface area contributed by atoms with Crippen LogP contribution in [0, 0.1) is 12.7 Å². The maximum Gasteiger partial charge on any atom is 0.237 e. The third-order valence-corrected chi connectivity index (χ3v) is 4.05. The fourth-order valence-electron chi connectivity index (χ4n) is 1.95. The van der Waals surface area contributed by atoms with Gasteiger partial charge in [0.25, 0.3) is 0 Å². The number of carbonyl (C=O) groups is 1. The van der Waals surface area contributed by atoms with Crippen LogP contribution in [0.2, 0.25) is 0 Å². The number of anilines is 1. The van der Waals surface area contributed by atoms with E-state index in [-0.39, 0.29) is 11.7 Å². The molecule has 2 aromatic carbocycles. The monoisotopic (exact) mass is 305 g/mol. The van der Waals surface area contributed by atoms with Gasteiger partial charge >= 0.3 is 0 Å². The molecule has 0 aromatic heterocycles. The van der Waals surface area contributed by atoms with E-state index in [1.807, 2.05) is 31.2 Å². The summed E-state index contributed by atoms with van der Waals surface area (Å²) in [5.41, 5.74) is 2.40. The van der Waals surface area contributed by atoms with Crippen molar-refractivity contribution in [1.29, 1.82) is 0 Å². The highest BCUT2D eigenvalue weighted by Crippen LogP contribution is 2.10. The second kappa shape index (κ2) is 7.13. The third kappa shape index (κ3) is 5.11. The zero-order valence-corrected chi connectivity index (χ0v) is 12.5. The predicted octanol–water partition coefficient (Wildman–Crippen LogP) is 3.02. The Morgan fingerprint density at radius 3 is 2.67 bits per heavy atom. The van der Waals surface area contributed by atoms with Crippen LogP contribution in [0.4, 0.5) is 10.1 Å². The van der Waals surface area contributed by atoms with Crippen LogP contribution in [0.1, 0.15) is 11.1 Å². The first-order valence-electron chi connectivity index (χ1n) is 6.49. The van der Waals surface area contributed by atoms with E-state index in [4.69, 9.17) is 0 Å². The number of benzene rings is 2. The number of amides is 1.